The normalized spacial score (nSPS) is 14.6. The van der Waals surface area contributed by atoms with Crippen molar-refractivity contribution in [2.24, 2.45) is 0 Å². The van der Waals surface area contributed by atoms with Gasteiger partial charge in [-0.2, -0.15) is 0 Å². The van der Waals surface area contributed by atoms with E-state index in [1.54, 1.807) is 36.4 Å². The van der Waals surface area contributed by atoms with E-state index in [0.717, 1.165) is 17.6 Å². The Morgan fingerprint density at radius 1 is 0.880 bits per heavy atom. The van der Waals surface area contributed by atoms with E-state index < -0.39 is 25.8 Å². The third-order valence-corrected chi connectivity index (χ3v) is 6.80. The molecular formula is C18H18O5S2. The Bertz CT molecular complexity index is 972. The molecule has 0 saturated carbocycles. The van der Waals surface area contributed by atoms with Crippen LogP contribution in [0.25, 0.3) is 0 Å². The third kappa shape index (κ3) is 4.66. The molecule has 0 radical (unpaired) electrons. The highest BCUT2D eigenvalue weighted by Gasteiger charge is 2.23. The van der Waals surface area contributed by atoms with E-state index in [1.165, 1.54) is 31.2 Å². The number of aliphatic hydroxyl groups is 1. The summed E-state index contributed by atoms with van der Waals surface area (Å²) in [5, 5.41) is 10.7. The summed E-state index contributed by atoms with van der Waals surface area (Å²) in [6.07, 6.45) is 0.938. The Balaban J connectivity index is 2.39. The Morgan fingerprint density at radius 3 is 1.84 bits per heavy atom. The number of sulfone groups is 2. The maximum absolute atomic E-state index is 12.6. The van der Waals surface area contributed by atoms with Crippen molar-refractivity contribution in [2.45, 2.75) is 22.8 Å². The average Bonchev–Trinajstić information content (AvgIpc) is 2.59. The number of rotatable bonds is 6. The smallest absolute Gasteiger partial charge is 0.205 e. The van der Waals surface area contributed by atoms with Gasteiger partial charge in [-0.25, -0.2) is 16.8 Å². The van der Waals surface area contributed by atoms with Crippen LogP contribution in [0.2, 0.25) is 0 Å². The molecule has 0 bridgehead atoms. The van der Waals surface area contributed by atoms with Crippen molar-refractivity contribution < 1.29 is 21.9 Å². The molecule has 2 aromatic carbocycles. The van der Waals surface area contributed by atoms with Crippen LogP contribution in [0.4, 0.5) is 0 Å². The molecule has 1 atom stereocenters. The topological polar surface area (TPSA) is 88.5 Å². The molecule has 1 unspecified atom stereocenters. The van der Waals surface area contributed by atoms with Crippen LogP contribution in [0.15, 0.2) is 92.9 Å². The molecule has 0 aliphatic carbocycles. The van der Waals surface area contributed by atoms with E-state index in [2.05, 4.69) is 0 Å². The first-order valence-corrected chi connectivity index (χ1v) is 10.4. The summed E-state index contributed by atoms with van der Waals surface area (Å²) in [7, 11) is -7.61. The van der Waals surface area contributed by atoms with Gasteiger partial charge in [0, 0.05) is 5.41 Å². The quantitative estimate of drug-likeness (QED) is 0.781. The lowest BCUT2D eigenvalue weighted by molar-refractivity contribution is 0.239. The molecule has 0 fully saturated rings. The molecule has 0 aliphatic heterocycles. The monoisotopic (exact) mass is 378 g/mol. The molecule has 0 amide bonds. The predicted octanol–water partition coefficient (Wildman–Crippen LogP) is 2.71. The Hall–Kier alpha value is -2.22. The van der Waals surface area contributed by atoms with Crippen LogP contribution in [0.1, 0.15) is 6.92 Å². The second-order valence-corrected chi connectivity index (χ2v) is 9.03. The van der Waals surface area contributed by atoms with Crippen LogP contribution >= 0.6 is 0 Å². The van der Waals surface area contributed by atoms with Gasteiger partial charge in [0.25, 0.3) is 0 Å². The minimum absolute atomic E-state index is 0.0291. The molecule has 0 aromatic heterocycles. The van der Waals surface area contributed by atoms with Gasteiger partial charge in [-0.05, 0) is 43.3 Å². The molecule has 132 valence electrons. The van der Waals surface area contributed by atoms with E-state index in [9.17, 15) is 21.9 Å². The van der Waals surface area contributed by atoms with Crippen molar-refractivity contribution in [3.8, 4) is 0 Å². The number of hydrogen-bond donors (Lipinski definition) is 1. The van der Waals surface area contributed by atoms with E-state index in [1.807, 2.05) is 0 Å². The largest absolute Gasteiger partial charge is 0.388 e. The van der Waals surface area contributed by atoms with Crippen LogP contribution in [0, 0.1) is 0 Å². The van der Waals surface area contributed by atoms with Gasteiger partial charge in [0.05, 0.1) is 20.8 Å². The maximum atomic E-state index is 12.6. The summed E-state index contributed by atoms with van der Waals surface area (Å²) in [6.45, 7) is 1.31. The summed E-state index contributed by atoms with van der Waals surface area (Å²) >= 11 is 0. The molecule has 0 aliphatic rings. The van der Waals surface area contributed by atoms with Gasteiger partial charge < -0.3 is 5.11 Å². The Labute approximate surface area is 147 Å². The molecule has 2 rings (SSSR count). The number of aliphatic hydroxyl groups excluding tert-OH is 1. The summed E-state index contributed by atoms with van der Waals surface area (Å²) in [6, 6.07) is 15.4. The van der Waals surface area contributed by atoms with Crippen molar-refractivity contribution in [1.29, 1.82) is 0 Å². The van der Waals surface area contributed by atoms with E-state index >= 15 is 0 Å². The summed E-state index contributed by atoms with van der Waals surface area (Å²) in [5.74, 6) is 0. The lowest BCUT2D eigenvalue weighted by atomic mass is 10.3. The van der Waals surface area contributed by atoms with Crippen LogP contribution in [-0.2, 0) is 19.7 Å². The van der Waals surface area contributed by atoms with E-state index in [-0.39, 0.29) is 14.7 Å². The van der Waals surface area contributed by atoms with Crippen molar-refractivity contribution in [3.63, 3.8) is 0 Å². The molecule has 2 aromatic rings. The summed E-state index contributed by atoms with van der Waals surface area (Å²) < 4.78 is 49.5. The van der Waals surface area contributed by atoms with Gasteiger partial charge in [-0.15, -0.1) is 0 Å². The first kappa shape index (κ1) is 19.1. The first-order chi connectivity index (χ1) is 11.7. The predicted molar refractivity (Wildman–Crippen MR) is 96.2 cm³/mol. The zero-order valence-electron chi connectivity index (χ0n) is 13.5. The fourth-order valence-corrected chi connectivity index (χ4v) is 4.59. The van der Waals surface area contributed by atoms with Gasteiger partial charge in [0.1, 0.15) is 0 Å². The van der Waals surface area contributed by atoms with Gasteiger partial charge in [-0.3, -0.25) is 0 Å². The zero-order valence-corrected chi connectivity index (χ0v) is 15.1. The minimum atomic E-state index is -3.92. The molecule has 5 nitrogen and oxygen atoms in total. The van der Waals surface area contributed by atoms with Gasteiger partial charge in [0.15, 0.2) is 9.84 Å². The van der Waals surface area contributed by atoms with Crippen molar-refractivity contribution >= 4 is 19.7 Å². The second-order valence-electron chi connectivity index (χ2n) is 5.25. The number of benzene rings is 2. The van der Waals surface area contributed by atoms with Crippen molar-refractivity contribution in [1.82, 2.24) is 0 Å². The average molecular weight is 378 g/mol. The standard InChI is InChI=1S/C18H18O5S2/c1-15(19)18(25(22,23)17-11-6-3-7-12-17)13-8-14-24(20,21)16-9-4-2-5-10-16/h2-15,19H,1H3/b14-8+,18-13+. The Kier molecular flexibility index (Phi) is 5.94. The van der Waals surface area contributed by atoms with Crippen molar-refractivity contribution in [3.05, 3.63) is 83.1 Å². The molecular weight excluding hydrogens is 360 g/mol. The molecule has 0 spiro atoms. The van der Waals surface area contributed by atoms with E-state index in [4.69, 9.17) is 0 Å². The highest BCUT2D eigenvalue weighted by atomic mass is 32.2. The lowest BCUT2D eigenvalue weighted by Gasteiger charge is -2.11. The van der Waals surface area contributed by atoms with Crippen LogP contribution < -0.4 is 0 Å². The van der Waals surface area contributed by atoms with Crippen LogP contribution in [0.3, 0.4) is 0 Å². The fraction of sp³-hybridized carbons (Fsp3) is 0.111. The lowest BCUT2D eigenvalue weighted by Crippen LogP contribution is -2.15. The Morgan fingerprint density at radius 2 is 1.36 bits per heavy atom. The SMILES string of the molecule is CC(O)/C(=C\C=C\S(=O)(=O)c1ccccc1)S(=O)(=O)c1ccccc1. The van der Waals surface area contributed by atoms with Crippen LogP contribution in [0.5, 0.6) is 0 Å². The summed E-state index contributed by atoms with van der Waals surface area (Å²) in [4.78, 5) is -0.149. The van der Waals surface area contributed by atoms with Gasteiger partial charge in [0.2, 0.25) is 9.84 Å². The molecule has 1 N–H and O–H groups in total. The molecule has 0 saturated heterocycles. The molecule has 7 heteroatoms. The highest BCUT2D eigenvalue weighted by Crippen LogP contribution is 2.22. The first-order valence-electron chi connectivity index (χ1n) is 7.42. The maximum Gasteiger partial charge on any atom is 0.205 e. The summed E-state index contributed by atoms with van der Waals surface area (Å²) in [5.41, 5.74) is 0. The molecule has 25 heavy (non-hydrogen) atoms. The fourth-order valence-electron chi connectivity index (χ4n) is 2.12. The minimum Gasteiger partial charge on any atom is -0.388 e. The second kappa shape index (κ2) is 7.77. The zero-order chi connectivity index (χ0) is 18.5. The number of hydrogen-bond acceptors (Lipinski definition) is 5. The van der Waals surface area contributed by atoms with Crippen LogP contribution in [-0.4, -0.2) is 28.0 Å². The third-order valence-electron chi connectivity index (χ3n) is 3.37. The molecule has 0 heterocycles. The van der Waals surface area contributed by atoms with Crippen molar-refractivity contribution in [2.75, 3.05) is 0 Å². The van der Waals surface area contributed by atoms with Gasteiger partial charge in [-0.1, -0.05) is 36.4 Å². The number of allylic oxidation sites excluding steroid dienone is 2. The van der Waals surface area contributed by atoms with E-state index in [0.29, 0.717) is 0 Å². The highest BCUT2D eigenvalue weighted by molar-refractivity contribution is 7.95. The van der Waals surface area contributed by atoms with Gasteiger partial charge >= 0.3 is 0 Å².